The SMILES string of the molecule is CCCN(C)c1cc(C)c(C)cc1N. The summed E-state index contributed by atoms with van der Waals surface area (Å²) in [6.45, 7) is 7.44. The maximum atomic E-state index is 5.98. The highest BCUT2D eigenvalue weighted by Crippen LogP contribution is 2.25. The first-order valence-electron chi connectivity index (χ1n) is 5.14. The third-order valence-electron chi connectivity index (χ3n) is 2.61. The van der Waals surface area contributed by atoms with E-state index in [9.17, 15) is 0 Å². The Morgan fingerprint density at radius 2 is 1.79 bits per heavy atom. The normalized spacial score (nSPS) is 10.3. The average Bonchev–Trinajstić information content (AvgIpc) is 2.11. The third-order valence-corrected chi connectivity index (χ3v) is 2.61. The predicted molar refractivity (Wildman–Crippen MR) is 63.9 cm³/mol. The lowest BCUT2D eigenvalue weighted by Crippen LogP contribution is -2.19. The fraction of sp³-hybridized carbons (Fsp3) is 0.500. The molecule has 0 fully saturated rings. The minimum Gasteiger partial charge on any atom is -0.397 e. The van der Waals surface area contributed by atoms with Gasteiger partial charge in [0.15, 0.2) is 0 Å². The van der Waals surface area contributed by atoms with E-state index in [0.717, 1.165) is 24.3 Å². The number of anilines is 2. The van der Waals surface area contributed by atoms with Gasteiger partial charge in [0.05, 0.1) is 11.4 Å². The quantitative estimate of drug-likeness (QED) is 0.746. The molecule has 1 aromatic rings. The Morgan fingerprint density at radius 1 is 1.21 bits per heavy atom. The Hall–Kier alpha value is -1.18. The molecule has 0 bridgehead atoms. The first-order chi connectivity index (χ1) is 6.56. The summed E-state index contributed by atoms with van der Waals surface area (Å²) in [5.41, 5.74) is 10.6. The topological polar surface area (TPSA) is 29.3 Å². The molecule has 0 aliphatic carbocycles. The molecule has 1 rings (SSSR count). The fourth-order valence-corrected chi connectivity index (χ4v) is 1.61. The zero-order valence-electron chi connectivity index (χ0n) is 9.59. The van der Waals surface area contributed by atoms with Crippen LogP contribution < -0.4 is 10.6 Å². The minimum atomic E-state index is 0.879. The van der Waals surface area contributed by atoms with Gasteiger partial charge in [-0.3, -0.25) is 0 Å². The van der Waals surface area contributed by atoms with E-state index in [1.165, 1.54) is 11.1 Å². The van der Waals surface area contributed by atoms with E-state index in [-0.39, 0.29) is 0 Å². The maximum Gasteiger partial charge on any atom is 0.0600 e. The molecule has 2 heteroatoms. The smallest absolute Gasteiger partial charge is 0.0600 e. The van der Waals surface area contributed by atoms with Crippen LogP contribution in [0.3, 0.4) is 0 Å². The minimum absolute atomic E-state index is 0.879. The number of nitrogen functional groups attached to an aromatic ring is 1. The van der Waals surface area contributed by atoms with Crippen molar-refractivity contribution in [2.45, 2.75) is 27.2 Å². The van der Waals surface area contributed by atoms with Gasteiger partial charge in [0.2, 0.25) is 0 Å². The molecule has 0 aliphatic heterocycles. The van der Waals surface area contributed by atoms with Gasteiger partial charge in [0, 0.05) is 13.6 Å². The molecule has 2 nitrogen and oxygen atoms in total. The van der Waals surface area contributed by atoms with Gasteiger partial charge < -0.3 is 10.6 Å². The number of nitrogens with zero attached hydrogens (tertiary/aromatic N) is 1. The molecule has 0 heterocycles. The Morgan fingerprint density at radius 3 is 2.36 bits per heavy atom. The number of aryl methyl sites for hydroxylation is 2. The molecule has 0 spiro atoms. The molecular weight excluding hydrogens is 172 g/mol. The van der Waals surface area contributed by atoms with Crippen molar-refractivity contribution in [1.29, 1.82) is 0 Å². The van der Waals surface area contributed by atoms with Crippen LogP contribution in [0.2, 0.25) is 0 Å². The van der Waals surface area contributed by atoms with Crippen LogP contribution in [0.4, 0.5) is 11.4 Å². The van der Waals surface area contributed by atoms with E-state index < -0.39 is 0 Å². The molecule has 0 unspecified atom stereocenters. The standard InChI is InChI=1S/C12H20N2/c1-5-6-14(4)12-8-10(3)9(2)7-11(12)13/h7-8H,5-6,13H2,1-4H3. The zero-order valence-corrected chi connectivity index (χ0v) is 9.59. The number of rotatable bonds is 3. The fourth-order valence-electron chi connectivity index (χ4n) is 1.61. The van der Waals surface area contributed by atoms with E-state index in [0.29, 0.717) is 0 Å². The summed E-state index contributed by atoms with van der Waals surface area (Å²) < 4.78 is 0. The van der Waals surface area contributed by atoms with E-state index in [4.69, 9.17) is 5.73 Å². The third kappa shape index (κ3) is 2.19. The molecule has 14 heavy (non-hydrogen) atoms. The van der Waals surface area contributed by atoms with Crippen molar-refractivity contribution in [3.05, 3.63) is 23.3 Å². The first-order valence-corrected chi connectivity index (χ1v) is 5.14. The zero-order chi connectivity index (χ0) is 10.7. The van der Waals surface area contributed by atoms with Crippen molar-refractivity contribution in [2.75, 3.05) is 24.2 Å². The van der Waals surface area contributed by atoms with Crippen LogP contribution in [0.25, 0.3) is 0 Å². The molecule has 0 amide bonds. The molecule has 0 atom stereocenters. The van der Waals surface area contributed by atoms with Gasteiger partial charge in [-0.15, -0.1) is 0 Å². The van der Waals surface area contributed by atoms with Crippen LogP contribution in [-0.2, 0) is 0 Å². The summed E-state index contributed by atoms with van der Waals surface area (Å²) in [5.74, 6) is 0. The molecule has 0 saturated heterocycles. The summed E-state index contributed by atoms with van der Waals surface area (Å²) >= 11 is 0. The molecule has 78 valence electrons. The second kappa shape index (κ2) is 4.36. The molecule has 0 saturated carbocycles. The van der Waals surface area contributed by atoms with Crippen molar-refractivity contribution in [3.8, 4) is 0 Å². The Balaban J connectivity index is 3.02. The monoisotopic (exact) mass is 192 g/mol. The Kier molecular flexibility index (Phi) is 3.39. The van der Waals surface area contributed by atoms with Crippen LogP contribution in [0.5, 0.6) is 0 Å². The number of hydrogen-bond acceptors (Lipinski definition) is 2. The summed E-state index contributed by atoms with van der Waals surface area (Å²) in [7, 11) is 2.09. The van der Waals surface area contributed by atoms with E-state index in [1.807, 2.05) is 0 Å². The van der Waals surface area contributed by atoms with Gasteiger partial charge in [0.25, 0.3) is 0 Å². The first kappa shape index (κ1) is 10.9. The van der Waals surface area contributed by atoms with Gasteiger partial charge in [-0.1, -0.05) is 6.92 Å². The summed E-state index contributed by atoms with van der Waals surface area (Å²) in [4.78, 5) is 2.21. The number of nitrogens with two attached hydrogens (primary N) is 1. The van der Waals surface area contributed by atoms with E-state index in [1.54, 1.807) is 0 Å². The number of benzene rings is 1. The van der Waals surface area contributed by atoms with Gasteiger partial charge in [-0.2, -0.15) is 0 Å². The summed E-state index contributed by atoms with van der Waals surface area (Å²) in [6.07, 6.45) is 1.14. The molecule has 2 N–H and O–H groups in total. The van der Waals surface area contributed by atoms with Crippen LogP contribution in [-0.4, -0.2) is 13.6 Å². The van der Waals surface area contributed by atoms with Crippen molar-refractivity contribution in [1.82, 2.24) is 0 Å². The van der Waals surface area contributed by atoms with Gasteiger partial charge in [-0.05, 0) is 43.5 Å². The van der Waals surface area contributed by atoms with Crippen molar-refractivity contribution in [3.63, 3.8) is 0 Å². The van der Waals surface area contributed by atoms with E-state index in [2.05, 4.69) is 44.9 Å². The van der Waals surface area contributed by atoms with Crippen molar-refractivity contribution in [2.24, 2.45) is 0 Å². The summed E-state index contributed by atoms with van der Waals surface area (Å²) in [5, 5.41) is 0. The molecule has 0 aliphatic rings. The predicted octanol–water partition coefficient (Wildman–Crippen LogP) is 2.73. The second-order valence-corrected chi connectivity index (χ2v) is 3.92. The lowest BCUT2D eigenvalue weighted by atomic mass is 10.1. The van der Waals surface area contributed by atoms with Gasteiger partial charge >= 0.3 is 0 Å². The lowest BCUT2D eigenvalue weighted by Gasteiger charge is -2.21. The largest absolute Gasteiger partial charge is 0.397 e. The lowest BCUT2D eigenvalue weighted by molar-refractivity contribution is 0.852. The van der Waals surface area contributed by atoms with Crippen LogP contribution in [0.1, 0.15) is 24.5 Å². The average molecular weight is 192 g/mol. The second-order valence-electron chi connectivity index (χ2n) is 3.92. The Bertz CT molecular complexity index is 318. The highest BCUT2D eigenvalue weighted by molar-refractivity contribution is 5.69. The Labute approximate surface area is 86.7 Å². The maximum absolute atomic E-state index is 5.98. The van der Waals surface area contributed by atoms with Gasteiger partial charge in [0.1, 0.15) is 0 Å². The van der Waals surface area contributed by atoms with Crippen molar-refractivity contribution < 1.29 is 0 Å². The van der Waals surface area contributed by atoms with Gasteiger partial charge in [-0.25, -0.2) is 0 Å². The molecule has 0 aromatic heterocycles. The van der Waals surface area contributed by atoms with Crippen LogP contribution >= 0.6 is 0 Å². The van der Waals surface area contributed by atoms with Crippen molar-refractivity contribution >= 4 is 11.4 Å². The summed E-state index contributed by atoms with van der Waals surface area (Å²) in [6, 6.07) is 4.22. The highest BCUT2D eigenvalue weighted by Gasteiger charge is 2.06. The van der Waals surface area contributed by atoms with Crippen LogP contribution in [0, 0.1) is 13.8 Å². The molecule has 1 aromatic carbocycles. The highest BCUT2D eigenvalue weighted by atomic mass is 15.1. The molecule has 0 radical (unpaired) electrons. The van der Waals surface area contributed by atoms with E-state index >= 15 is 0 Å². The number of hydrogen-bond donors (Lipinski definition) is 1. The molecular formula is C12H20N2. The van der Waals surface area contributed by atoms with Crippen LogP contribution in [0.15, 0.2) is 12.1 Å².